The third-order valence-corrected chi connectivity index (χ3v) is 6.64. The second-order valence-corrected chi connectivity index (χ2v) is 8.13. The van der Waals surface area contributed by atoms with Crippen molar-refractivity contribution in [3.63, 3.8) is 0 Å². The first-order chi connectivity index (χ1) is 8.71. The Morgan fingerprint density at radius 2 is 1.84 bits per heavy atom. The molecule has 2 atom stereocenters. The standard InChI is InChI=1S/C12H19NO5S/c1-12(2)11(16)13(19(12,17)18)9-7-5-3-4-6-8(9)10(14)15/h8-9H,3-7H2,1-2H3,(H,14,15). The van der Waals surface area contributed by atoms with Gasteiger partial charge >= 0.3 is 5.97 Å². The molecule has 0 bridgehead atoms. The zero-order valence-corrected chi connectivity index (χ0v) is 11.9. The predicted molar refractivity (Wildman–Crippen MR) is 67.8 cm³/mol. The molecule has 1 N–H and O–H groups in total. The maximum atomic E-state index is 12.2. The van der Waals surface area contributed by atoms with Gasteiger partial charge in [0, 0.05) is 0 Å². The van der Waals surface area contributed by atoms with Gasteiger partial charge in [-0.05, 0) is 26.7 Å². The van der Waals surface area contributed by atoms with Crippen molar-refractivity contribution in [2.45, 2.75) is 56.7 Å². The van der Waals surface area contributed by atoms with E-state index < -0.39 is 38.6 Å². The first kappa shape index (κ1) is 14.3. The van der Waals surface area contributed by atoms with E-state index in [-0.39, 0.29) is 0 Å². The number of carbonyl (C=O) groups excluding carboxylic acids is 1. The number of aliphatic carboxylic acids is 1. The highest BCUT2D eigenvalue weighted by molar-refractivity contribution is 7.94. The summed E-state index contributed by atoms with van der Waals surface area (Å²) in [6.07, 6.45) is 3.27. The Kier molecular flexibility index (Phi) is 3.36. The van der Waals surface area contributed by atoms with Gasteiger partial charge in [0.1, 0.15) is 0 Å². The summed E-state index contributed by atoms with van der Waals surface area (Å²) in [5.74, 6) is -2.28. The Hall–Kier alpha value is -1.11. The van der Waals surface area contributed by atoms with Crippen molar-refractivity contribution >= 4 is 21.9 Å². The van der Waals surface area contributed by atoms with E-state index >= 15 is 0 Å². The number of carboxylic acid groups (broad SMARTS) is 1. The molecule has 108 valence electrons. The van der Waals surface area contributed by atoms with Crippen LogP contribution in [-0.2, 0) is 19.6 Å². The minimum Gasteiger partial charge on any atom is -0.481 e. The number of carboxylic acids is 1. The SMILES string of the molecule is CC1(C)C(=O)N(C2CCCCCC2C(=O)O)S1(=O)=O. The molecule has 2 unspecified atom stereocenters. The third-order valence-electron chi connectivity index (χ3n) is 4.22. The number of hydrogen-bond donors (Lipinski definition) is 1. The lowest BCUT2D eigenvalue weighted by atomic mass is 9.94. The molecule has 0 aromatic heterocycles. The van der Waals surface area contributed by atoms with Crippen molar-refractivity contribution in [2.24, 2.45) is 5.92 Å². The lowest BCUT2D eigenvalue weighted by molar-refractivity contribution is -0.146. The number of amides is 1. The molecule has 0 aromatic carbocycles. The van der Waals surface area contributed by atoms with E-state index in [0.29, 0.717) is 12.8 Å². The molecule has 6 nitrogen and oxygen atoms in total. The maximum Gasteiger partial charge on any atom is 0.308 e. The number of rotatable bonds is 2. The Labute approximate surface area is 112 Å². The molecule has 2 aliphatic rings. The minimum absolute atomic E-state index is 0.430. The summed E-state index contributed by atoms with van der Waals surface area (Å²) in [5, 5.41) is 9.26. The predicted octanol–water partition coefficient (Wildman–Crippen LogP) is 0.971. The molecule has 2 rings (SSSR count). The van der Waals surface area contributed by atoms with Crippen LogP contribution in [0.1, 0.15) is 46.0 Å². The molecule has 1 saturated carbocycles. The topological polar surface area (TPSA) is 91.8 Å². The van der Waals surface area contributed by atoms with Gasteiger partial charge in [-0.3, -0.25) is 9.59 Å². The van der Waals surface area contributed by atoms with Gasteiger partial charge in [0.05, 0.1) is 12.0 Å². The van der Waals surface area contributed by atoms with E-state index in [2.05, 4.69) is 0 Å². The van der Waals surface area contributed by atoms with Crippen LogP contribution >= 0.6 is 0 Å². The second-order valence-electron chi connectivity index (χ2n) is 5.77. The van der Waals surface area contributed by atoms with E-state index in [1.54, 1.807) is 0 Å². The summed E-state index contributed by atoms with van der Waals surface area (Å²) in [7, 11) is -3.71. The van der Waals surface area contributed by atoms with Crippen LogP contribution < -0.4 is 0 Å². The van der Waals surface area contributed by atoms with E-state index in [9.17, 15) is 23.1 Å². The van der Waals surface area contributed by atoms with Crippen molar-refractivity contribution in [2.75, 3.05) is 0 Å². The molecule has 1 heterocycles. The Bertz CT molecular complexity index is 510. The molecule has 7 heteroatoms. The average molecular weight is 289 g/mol. The fraction of sp³-hybridized carbons (Fsp3) is 0.833. The van der Waals surface area contributed by atoms with Crippen LogP contribution in [0.15, 0.2) is 0 Å². The fourth-order valence-corrected chi connectivity index (χ4v) is 4.61. The van der Waals surface area contributed by atoms with Crippen LogP contribution in [0.25, 0.3) is 0 Å². The van der Waals surface area contributed by atoms with Gasteiger partial charge in [0.25, 0.3) is 15.9 Å². The summed E-state index contributed by atoms with van der Waals surface area (Å²) in [4.78, 5) is 23.3. The van der Waals surface area contributed by atoms with Crippen LogP contribution in [0.4, 0.5) is 0 Å². The lowest BCUT2D eigenvalue weighted by Gasteiger charge is -2.48. The van der Waals surface area contributed by atoms with Gasteiger partial charge in [-0.15, -0.1) is 0 Å². The monoisotopic (exact) mass is 289 g/mol. The van der Waals surface area contributed by atoms with Crippen molar-refractivity contribution < 1.29 is 23.1 Å². The van der Waals surface area contributed by atoms with Gasteiger partial charge in [-0.1, -0.05) is 19.3 Å². The third kappa shape index (κ3) is 1.94. The number of nitrogens with zero attached hydrogens (tertiary/aromatic N) is 1. The zero-order chi connectivity index (χ0) is 14.4. The Balaban J connectivity index is 2.34. The lowest BCUT2D eigenvalue weighted by Crippen LogP contribution is -2.71. The maximum absolute atomic E-state index is 12.2. The molecule has 0 radical (unpaired) electrons. The van der Waals surface area contributed by atoms with Gasteiger partial charge < -0.3 is 5.11 Å². The summed E-state index contributed by atoms with van der Waals surface area (Å²) < 4.78 is 23.8. The highest BCUT2D eigenvalue weighted by Gasteiger charge is 2.63. The normalized spacial score (nSPS) is 33.4. The van der Waals surface area contributed by atoms with Crippen molar-refractivity contribution in [3.8, 4) is 0 Å². The van der Waals surface area contributed by atoms with Crippen molar-refractivity contribution in [3.05, 3.63) is 0 Å². The highest BCUT2D eigenvalue weighted by Crippen LogP contribution is 2.41. The van der Waals surface area contributed by atoms with Crippen molar-refractivity contribution in [1.29, 1.82) is 0 Å². The molecule has 19 heavy (non-hydrogen) atoms. The van der Waals surface area contributed by atoms with Crippen LogP contribution in [0, 0.1) is 5.92 Å². The quantitative estimate of drug-likeness (QED) is 0.765. The van der Waals surface area contributed by atoms with E-state index in [1.807, 2.05) is 0 Å². The van der Waals surface area contributed by atoms with E-state index in [4.69, 9.17) is 0 Å². The van der Waals surface area contributed by atoms with Crippen LogP contribution in [0.5, 0.6) is 0 Å². The Morgan fingerprint density at radius 1 is 1.26 bits per heavy atom. The van der Waals surface area contributed by atoms with E-state index in [0.717, 1.165) is 23.6 Å². The first-order valence-corrected chi connectivity index (χ1v) is 7.96. The zero-order valence-electron chi connectivity index (χ0n) is 11.1. The van der Waals surface area contributed by atoms with E-state index in [1.165, 1.54) is 13.8 Å². The fourth-order valence-electron chi connectivity index (χ4n) is 2.88. The first-order valence-electron chi connectivity index (χ1n) is 6.52. The number of sulfonamides is 1. The molecule has 1 amide bonds. The van der Waals surface area contributed by atoms with Crippen LogP contribution in [-0.4, -0.2) is 40.5 Å². The van der Waals surface area contributed by atoms with Gasteiger partial charge in [-0.25, -0.2) is 12.7 Å². The molecule has 1 aliphatic carbocycles. The molecular formula is C12H19NO5S. The van der Waals surface area contributed by atoms with Gasteiger partial charge in [-0.2, -0.15) is 0 Å². The van der Waals surface area contributed by atoms with Crippen LogP contribution in [0.3, 0.4) is 0 Å². The van der Waals surface area contributed by atoms with Crippen LogP contribution in [0.2, 0.25) is 0 Å². The molecule has 1 aliphatic heterocycles. The van der Waals surface area contributed by atoms with Crippen molar-refractivity contribution in [1.82, 2.24) is 4.31 Å². The number of hydrogen-bond acceptors (Lipinski definition) is 4. The molecular weight excluding hydrogens is 270 g/mol. The summed E-state index contributed by atoms with van der Waals surface area (Å²) in [6.45, 7) is 2.74. The second kappa shape index (κ2) is 4.47. The molecule has 1 saturated heterocycles. The minimum atomic E-state index is -3.71. The summed E-state index contributed by atoms with van der Waals surface area (Å²) >= 11 is 0. The summed E-state index contributed by atoms with van der Waals surface area (Å²) in [5.41, 5.74) is 0. The molecule has 0 spiro atoms. The largest absolute Gasteiger partial charge is 0.481 e. The van der Waals surface area contributed by atoms with Gasteiger partial charge in [0.15, 0.2) is 4.75 Å². The molecule has 0 aromatic rings. The average Bonchev–Trinajstić information content (AvgIpc) is 2.54. The Morgan fingerprint density at radius 3 is 2.37 bits per heavy atom. The summed E-state index contributed by atoms with van der Waals surface area (Å²) in [6, 6.07) is -0.717. The van der Waals surface area contributed by atoms with Gasteiger partial charge in [0.2, 0.25) is 0 Å². The smallest absolute Gasteiger partial charge is 0.308 e. The number of carbonyl (C=O) groups is 2. The highest BCUT2D eigenvalue weighted by atomic mass is 32.2. The molecule has 2 fully saturated rings.